The monoisotopic (exact) mass is 438 g/mol. The first kappa shape index (κ1) is 17.9. The van der Waals surface area contributed by atoms with Gasteiger partial charge >= 0.3 is 0 Å². The fraction of sp³-hybridized carbons (Fsp3) is 0.100. The van der Waals surface area contributed by atoms with Crippen LogP contribution in [0.25, 0.3) is 22.6 Å². The van der Waals surface area contributed by atoms with Crippen molar-refractivity contribution < 1.29 is 4.52 Å². The Kier molecular flexibility index (Phi) is 5.31. The molecule has 0 spiro atoms. The third-order valence-electron chi connectivity index (χ3n) is 3.91. The molecule has 0 N–H and O–H groups in total. The Labute approximate surface area is 169 Å². The standard InChI is InChI=1S/C20H15BrN4OS/c1-13-6-8-14(9-7-13)17-10-11-19(24-23-17)27-12-18-22-20(25-26-18)15-4-2-3-5-16(15)21/h2-11H,12H2,1H3. The summed E-state index contributed by atoms with van der Waals surface area (Å²) in [7, 11) is 0. The molecule has 0 saturated heterocycles. The van der Waals surface area contributed by atoms with E-state index in [0.29, 0.717) is 17.5 Å². The van der Waals surface area contributed by atoms with E-state index in [-0.39, 0.29) is 0 Å². The molecule has 0 aliphatic rings. The summed E-state index contributed by atoms with van der Waals surface area (Å²) >= 11 is 5.01. The minimum absolute atomic E-state index is 0.538. The number of hydrogen-bond acceptors (Lipinski definition) is 6. The number of benzene rings is 2. The summed E-state index contributed by atoms with van der Waals surface area (Å²) in [4.78, 5) is 4.45. The number of rotatable bonds is 5. The van der Waals surface area contributed by atoms with Gasteiger partial charge in [0.1, 0.15) is 5.03 Å². The summed E-state index contributed by atoms with van der Waals surface area (Å²) < 4.78 is 6.28. The van der Waals surface area contributed by atoms with Gasteiger partial charge in [0.25, 0.3) is 0 Å². The summed E-state index contributed by atoms with van der Waals surface area (Å²) in [6.07, 6.45) is 0. The van der Waals surface area contributed by atoms with Crippen LogP contribution < -0.4 is 0 Å². The van der Waals surface area contributed by atoms with Gasteiger partial charge in [-0.3, -0.25) is 0 Å². The Morgan fingerprint density at radius 2 is 1.78 bits per heavy atom. The van der Waals surface area contributed by atoms with E-state index in [1.807, 2.05) is 48.5 Å². The van der Waals surface area contributed by atoms with E-state index in [4.69, 9.17) is 4.52 Å². The molecule has 27 heavy (non-hydrogen) atoms. The lowest BCUT2D eigenvalue weighted by Crippen LogP contribution is -1.90. The third kappa shape index (κ3) is 4.26. The highest BCUT2D eigenvalue weighted by Crippen LogP contribution is 2.27. The van der Waals surface area contributed by atoms with Crippen LogP contribution >= 0.6 is 27.7 Å². The van der Waals surface area contributed by atoms with Crippen LogP contribution in [0.4, 0.5) is 0 Å². The molecular formula is C20H15BrN4OS. The van der Waals surface area contributed by atoms with Gasteiger partial charge in [0, 0.05) is 15.6 Å². The van der Waals surface area contributed by atoms with Gasteiger partial charge in [0.05, 0.1) is 11.4 Å². The number of halogens is 1. The highest BCUT2D eigenvalue weighted by atomic mass is 79.9. The molecular weight excluding hydrogens is 424 g/mol. The van der Waals surface area contributed by atoms with Crippen molar-refractivity contribution in [2.75, 3.05) is 0 Å². The number of aryl methyl sites for hydroxylation is 1. The molecule has 0 atom stereocenters. The van der Waals surface area contributed by atoms with Crippen LogP contribution in [0.1, 0.15) is 11.5 Å². The van der Waals surface area contributed by atoms with Crippen molar-refractivity contribution in [2.45, 2.75) is 17.7 Å². The van der Waals surface area contributed by atoms with Gasteiger partial charge in [-0.1, -0.05) is 74.8 Å². The van der Waals surface area contributed by atoms with E-state index in [9.17, 15) is 0 Å². The van der Waals surface area contributed by atoms with Crippen molar-refractivity contribution >= 4 is 27.7 Å². The second-order valence-corrected chi connectivity index (χ2v) is 7.75. The van der Waals surface area contributed by atoms with Crippen LogP contribution in [0, 0.1) is 6.92 Å². The van der Waals surface area contributed by atoms with E-state index >= 15 is 0 Å². The molecule has 0 aliphatic carbocycles. The van der Waals surface area contributed by atoms with Crippen molar-refractivity contribution in [3.8, 4) is 22.6 Å². The zero-order valence-electron chi connectivity index (χ0n) is 14.5. The van der Waals surface area contributed by atoms with Gasteiger partial charge in [-0.05, 0) is 31.2 Å². The summed E-state index contributed by atoms with van der Waals surface area (Å²) in [5.74, 6) is 1.66. The molecule has 4 rings (SSSR count). The topological polar surface area (TPSA) is 64.7 Å². The molecule has 4 aromatic rings. The van der Waals surface area contributed by atoms with Crippen LogP contribution in [0.15, 0.2) is 74.7 Å². The lowest BCUT2D eigenvalue weighted by molar-refractivity contribution is 0.391. The average Bonchev–Trinajstić information content (AvgIpc) is 3.17. The first-order valence-electron chi connectivity index (χ1n) is 8.30. The first-order chi connectivity index (χ1) is 13.2. The Balaban J connectivity index is 1.42. The molecule has 0 bridgehead atoms. The lowest BCUT2D eigenvalue weighted by atomic mass is 10.1. The van der Waals surface area contributed by atoms with E-state index in [1.54, 1.807) is 0 Å². The maximum atomic E-state index is 5.35. The predicted octanol–water partition coefficient (Wildman–Crippen LogP) is 5.56. The third-order valence-corrected chi connectivity index (χ3v) is 5.51. The van der Waals surface area contributed by atoms with Crippen LogP contribution in [0.5, 0.6) is 0 Å². The van der Waals surface area contributed by atoms with Crippen molar-refractivity contribution in [3.05, 3.63) is 76.6 Å². The Morgan fingerprint density at radius 3 is 2.52 bits per heavy atom. The van der Waals surface area contributed by atoms with Crippen LogP contribution in [-0.2, 0) is 5.75 Å². The van der Waals surface area contributed by atoms with Crippen LogP contribution in [0.3, 0.4) is 0 Å². The predicted molar refractivity (Wildman–Crippen MR) is 109 cm³/mol. The molecule has 0 saturated carbocycles. The summed E-state index contributed by atoms with van der Waals surface area (Å²) in [6, 6.07) is 19.9. The second-order valence-electron chi connectivity index (χ2n) is 5.90. The second kappa shape index (κ2) is 8.02. The number of aromatic nitrogens is 4. The van der Waals surface area contributed by atoms with Gasteiger partial charge in [-0.15, -0.1) is 10.2 Å². The molecule has 2 aromatic heterocycles. The SMILES string of the molecule is Cc1ccc(-c2ccc(SCc3nc(-c4ccccc4Br)no3)nn2)cc1. The normalized spacial score (nSPS) is 10.9. The zero-order chi connectivity index (χ0) is 18.6. The van der Waals surface area contributed by atoms with E-state index in [1.165, 1.54) is 17.3 Å². The van der Waals surface area contributed by atoms with Gasteiger partial charge in [0.2, 0.25) is 11.7 Å². The summed E-state index contributed by atoms with van der Waals surface area (Å²) in [6.45, 7) is 2.06. The highest BCUT2D eigenvalue weighted by Gasteiger charge is 2.12. The smallest absolute Gasteiger partial charge is 0.237 e. The van der Waals surface area contributed by atoms with Gasteiger partial charge in [-0.25, -0.2) is 0 Å². The van der Waals surface area contributed by atoms with Gasteiger partial charge in [0.15, 0.2) is 0 Å². The largest absolute Gasteiger partial charge is 0.338 e. The minimum Gasteiger partial charge on any atom is -0.338 e. The van der Waals surface area contributed by atoms with Gasteiger partial charge in [-0.2, -0.15) is 4.98 Å². The molecule has 2 heterocycles. The van der Waals surface area contributed by atoms with Crippen molar-refractivity contribution in [3.63, 3.8) is 0 Å². The maximum absolute atomic E-state index is 5.35. The fourth-order valence-corrected chi connectivity index (χ4v) is 3.59. The van der Waals surface area contributed by atoms with Gasteiger partial charge < -0.3 is 4.52 Å². The van der Waals surface area contributed by atoms with Crippen LogP contribution in [-0.4, -0.2) is 20.3 Å². The molecule has 0 aliphatic heterocycles. The van der Waals surface area contributed by atoms with Crippen molar-refractivity contribution in [1.82, 2.24) is 20.3 Å². The average molecular weight is 439 g/mol. The fourth-order valence-electron chi connectivity index (χ4n) is 2.48. The number of thioether (sulfide) groups is 1. The molecule has 0 unspecified atom stereocenters. The Hall–Kier alpha value is -2.51. The lowest BCUT2D eigenvalue weighted by Gasteiger charge is -2.02. The van der Waals surface area contributed by atoms with E-state index in [2.05, 4.69) is 55.3 Å². The first-order valence-corrected chi connectivity index (χ1v) is 10.1. The molecule has 0 amide bonds. The highest BCUT2D eigenvalue weighted by molar-refractivity contribution is 9.10. The molecule has 5 nitrogen and oxygen atoms in total. The van der Waals surface area contributed by atoms with Crippen molar-refractivity contribution in [1.29, 1.82) is 0 Å². The van der Waals surface area contributed by atoms with E-state index < -0.39 is 0 Å². The summed E-state index contributed by atoms with van der Waals surface area (Å²) in [5, 5.41) is 13.5. The van der Waals surface area contributed by atoms with E-state index in [0.717, 1.165) is 26.3 Å². The quantitative estimate of drug-likeness (QED) is 0.380. The zero-order valence-corrected chi connectivity index (χ0v) is 16.9. The number of nitrogens with zero attached hydrogens (tertiary/aromatic N) is 4. The molecule has 2 aromatic carbocycles. The molecule has 134 valence electrons. The minimum atomic E-state index is 0.538. The molecule has 7 heteroatoms. The Bertz CT molecular complexity index is 1050. The summed E-state index contributed by atoms with van der Waals surface area (Å²) in [5.41, 5.74) is 4.04. The number of hydrogen-bond donors (Lipinski definition) is 0. The van der Waals surface area contributed by atoms with Crippen LogP contribution in [0.2, 0.25) is 0 Å². The Morgan fingerprint density at radius 1 is 0.963 bits per heavy atom. The van der Waals surface area contributed by atoms with Crippen molar-refractivity contribution in [2.24, 2.45) is 0 Å². The molecule has 0 radical (unpaired) electrons. The molecule has 0 fully saturated rings. The maximum Gasteiger partial charge on any atom is 0.237 e.